The van der Waals surface area contributed by atoms with E-state index in [1.807, 2.05) is 6.92 Å². The molecule has 0 radical (unpaired) electrons. The number of amides is 2. The van der Waals surface area contributed by atoms with Gasteiger partial charge in [-0.2, -0.15) is 0 Å². The van der Waals surface area contributed by atoms with E-state index in [-0.39, 0.29) is 25.6 Å². The number of aliphatic hydroxyl groups is 1. The van der Waals surface area contributed by atoms with E-state index in [0.717, 1.165) is 6.42 Å². The van der Waals surface area contributed by atoms with Crippen molar-refractivity contribution in [3.63, 3.8) is 0 Å². The Morgan fingerprint density at radius 3 is 2.65 bits per heavy atom. The Labute approximate surface area is 180 Å². The molecule has 164 valence electrons. The average molecular weight is 426 g/mol. The van der Waals surface area contributed by atoms with Crippen molar-refractivity contribution in [2.75, 3.05) is 26.6 Å². The highest BCUT2D eigenvalue weighted by molar-refractivity contribution is 6.05. The zero-order chi connectivity index (χ0) is 22.1. The Bertz CT molecular complexity index is 940. The lowest BCUT2D eigenvalue weighted by Crippen LogP contribution is -2.35. The molecular weight excluding hydrogens is 400 g/mol. The van der Waals surface area contributed by atoms with E-state index in [4.69, 9.17) is 19.3 Å². The summed E-state index contributed by atoms with van der Waals surface area (Å²) in [6.07, 6.45) is 2.87. The number of hydrogen-bond acceptors (Lipinski definition) is 6. The molecule has 0 fully saturated rings. The second-order valence-corrected chi connectivity index (χ2v) is 6.83. The number of ether oxygens (including phenoxy) is 3. The molecule has 0 spiro atoms. The van der Waals surface area contributed by atoms with Crippen LogP contribution >= 0.6 is 0 Å². The fourth-order valence-corrected chi connectivity index (χ4v) is 2.82. The van der Waals surface area contributed by atoms with E-state index in [9.17, 15) is 9.59 Å². The van der Waals surface area contributed by atoms with Crippen molar-refractivity contribution in [1.29, 1.82) is 0 Å². The van der Waals surface area contributed by atoms with Crippen LogP contribution in [-0.2, 0) is 4.79 Å². The molecule has 8 heteroatoms. The number of rotatable bonds is 10. The summed E-state index contributed by atoms with van der Waals surface area (Å²) in [4.78, 5) is 25.4. The second kappa shape index (κ2) is 11.0. The first-order chi connectivity index (χ1) is 15.1. The molecular formula is C23H26N2O6. The Morgan fingerprint density at radius 1 is 1.13 bits per heavy atom. The maximum absolute atomic E-state index is 12.7. The first-order valence-electron chi connectivity index (χ1n) is 10.2. The Hall–Kier alpha value is -3.52. The van der Waals surface area contributed by atoms with Crippen LogP contribution in [-0.4, -0.2) is 43.5 Å². The van der Waals surface area contributed by atoms with Crippen molar-refractivity contribution in [2.24, 2.45) is 0 Å². The fourth-order valence-electron chi connectivity index (χ4n) is 2.82. The van der Waals surface area contributed by atoms with Crippen molar-refractivity contribution in [1.82, 2.24) is 10.6 Å². The van der Waals surface area contributed by atoms with Crippen molar-refractivity contribution in [3.05, 3.63) is 59.3 Å². The normalized spacial score (nSPS) is 12.4. The van der Waals surface area contributed by atoms with Gasteiger partial charge in [0.25, 0.3) is 11.8 Å². The van der Waals surface area contributed by atoms with E-state index in [2.05, 4.69) is 10.6 Å². The molecule has 0 saturated carbocycles. The van der Waals surface area contributed by atoms with Crippen LogP contribution in [0.3, 0.4) is 0 Å². The number of carbonyl (C=O) groups is 2. The minimum atomic E-state index is -0.456. The van der Waals surface area contributed by atoms with E-state index < -0.39 is 11.8 Å². The van der Waals surface area contributed by atoms with Crippen LogP contribution in [0.15, 0.2) is 48.2 Å². The fraction of sp³-hybridized carbons (Fsp3) is 0.304. The number of benzene rings is 2. The van der Waals surface area contributed by atoms with Crippen LogP contribution in [0.1, 0.15) is 35.7 Å². The van der Waals surface area contributed by atoms with Gasteiger partial charge in [-0.15, -0.1) is 0 Å². The molecule has 3 rings (SSSR count). The molecule has 1 heterocycles. The van der Waals surface area contributed by atoms with Crippen molar-refractivity contribution < 1.29 is 28.9 Å². The van der Waals surface area contributed by atoms with Gasteiger partial charge >= 0.3 is 0 Å². The maximum Gasteiger partial charge on any atom is 0.267 e. The average Bonchev–Trinajstić information content (AvgIpc) is 3.25. The van der Waals surface area contributed by atoms with Crippen LogP contribution in [0.2, 0.25) is 0 Å². The van der Waals surface area contributed by atoms with Gasteiger partial charge in [0, 0.05) is 18.7 Å². The first-order valence-corrected chi connectivity index (χ1v) is 10.2. The van der Waals surface area contributed by atoms with Crippen LogP contribution in [0, 0.1) is 0 Å². The zero-order valence-electron chi connectivity index (χ0n) is 17.3. The molecule has 2 aromatic rings. The summed E-state index contributed by atoms with van der Waals surface area (Å²) in [6.45, 7) is 3.00. The molecule has 8 nitrogen and oxygen atoms in total. The molecule has 3 N–H and O–H groups in total. The monoisotopic (exact) mass is 426 g/mol. The maximum atomic E-state index is 12.7. The van der Waals surface area contributed by atoms with Crippen molar-refractivity contribution in [2.45, 2.75) is 19.8 Å². The van der Waals surface area contributed by atoms with E-state index in [1.54, 1.807) is 48.5 Å². The zero-order valence-corrected chi connectivity index (χ0v) is 17.3. The lowest BCUT2D eigenvalue weighted by Gasteiger charge is -2.12. The molecule has 0 saturated heterocycles. The van der Waals surface area contributed by atoms with Crippen molar-refractivity contribution >= 4 is 17.9 Å². The minimum absolute atomic E-state index is 0.0414. The molecule has 0 bridgehead atoms. The minimum Gasteiger partial charge on any atom is -0.494 e. The highest BCUT2D eigenvalue weighted by Crippen LogP contribution is 2.33. The smallest absolute Gasteiger partial charge is 0.267 e. The summed E-state index contributed by atoms with van der Waals surface area (Å²) in [5.41, 5.74) is 1.14. The largest absolute Gasteiger partial charge is 0.494 e. The summed E-state index contributed by atoms with van der Waals surface area (Å²) < 4.78 is 16.2. The van der Waals surface area contributed by atoms with Crippen LogP contribution in [0.4, 0.5) is 0 Å². The highest BCUT2D eigenvalue weighted by atomic mass is 16.7. The molecule has 0 aromatic heterocycles. The van der Waals surface area contributed by atoms with Gasteiger partial charge in [0.05, 0.1) is 6.61 Å². The molecule has 0 unspecified atom stereocenters. The SMILES string of the molecule is CCCOc1ccc(C(=O)N/C(=C/c2ccc3c(c2)OCO3)C(=O)NCCCO)cc1. The van der Waals surface area contributed by atoms with Gasteiger partial charge in [0.15, 0.2) is 11.5 Å². The lowest BCUT2D eigenvalue weighted by molar-refractivity contribution is -0.117. The van der Waals surface area contributed by atoms with Crippen molar-refractivity contribution in [3.8, 4) is 17.2 Å². The summed E-state index contributed by atoms with van der Waals surface area (Å²) in [5, 5.41) is 14.3. The van der Waals surface area contributed by atoms with Gasteiger partial charge < -0.3 is 30.0 Å². The van der Waals surface area contributed by atoms with Crippen LogP contribution in [0.5, 0.6) is 17.2 Å². The molecule has 0 aliphatic carbocycles. The Balaban J connectivity index is 1.77. The molecule has 1 aliphatic rings. The molecule has 2 amide bonds. The third-order valence-electron chi connectivity index (χ3n) is 4.41. The molecule has 1 aliphatic heterocycles. The van der Waals surface area contributed by atoms with Gasteiger partial charge in [-0.3, -0.25) is 9.59 Å². The highest BCUT2D eigenvalue weighted by Gasteiger charge is 2.17. The summed E-state index contributed by atoms with van der Waals surface area (Å²) in [5.74, 6) is 0.994. The second-order valence-electron chi connectivity index (χ2n) is 6.83. The number of aliphatic hydroxyl groups excluding tert-OH is 1. The van der Waals surface area contributed by atoms with Gasteiger partial charge in [-0.25, -0.2) is 0 Å². The summed E-state index contributed by atoms with van der Waals surface area (Å²) >= 11 is 0. The predicted molar refractivity (Wildman–Crippen MR) is 115 cm³/mol. The topological polar surface area (TPSA) is 106 Å². The quantitative estimate of drug-likeness (QED) is 0.398. The van der Waals surface area contributed by atoms with Gasteiger partial charge in [0.1, 0.15) is 11.4 Å². The van der Waals surface area contributed by atoms with E-state index >= 15 is 0 Å². The third-order valence-corrected chi connectivity index (χ3v) is 4.41. The number of hydrogen-bond donors (Lipinski definition) is 3. The first kappa shape index (κ1) is 22.2. The van der Waals surface area contributed by atoms with Crippen LogP contribution in [0.25, 0.3) is 6.08 Å². The molecule has 31 heavy (non-hydrogen) atoms. The lowest BCUT2D eigenvalue weighted by atomic mass is 10.1. The predicted octanol–water partition coefficient (Wildman–Crippen LogP) is 2.47. The number of fused-ring (bicyclic) bond motifs is 1. The Kier molecular flexibility index (Phi) is 7.89. The van der Waals surface area contributed by atoms with Gasteiger partial charge in [-0.1, -0.05) is 13.0 Å². The molecule has 0 atom stereocenters. The number of nitrogens with one attached hydrogen (secondary N) is 2. The van der Waals surface area contributed by atoms with E-state index in [0.29, 0.717) is 41.4 Å². The summed E-state index contributed by atoms with van der Waals surface area (Å²) in [6, 6.07) is 12.0. The Morgan fingerprint density at radius 2 is 1.90 bits per heavy atom. The van der Waals surface area contributed by atoms with Crippen LogP contribution < -0.4 is 24.8 Å². The third kappa shape index (κ3) is 6.23. The van der Waals surface area contributed by atoms with E-state index in [1.165, 1.54) is 0 Å². The summed E-state index contributed by atoms with van der Waals surface area (Å²) in [7, 11) is 0. The van der Waals surface area contributed by atoms with Gasteiger partial charge in [0.2, 0.25) is 6.79 Å². The van der Waals surface area contributed by atoms with Gasteiger partial charge in [-0.05, 0) is 60.9 Å². The standard InChI is InChI=1S/C23H26N2O6/c1-2-12-29-18-7-5-17(6-8-18)22(27)25-19(23(28)24-10-3-11-26)13-16-4-9-20-21(14-16)31-15-30-20/h4-9,13-14,26H,2-3,10-12,15H2,1H3,(H,24,28)(H,25,27)/b19-13+. The number of carbonyl (C=O) groups excluding carboxylic acids is 2. The molecule has 2 aromatic carbocycles.